The molecule has 0 spiro atoms. The van der Waals surface area contributed by atoms with Crippen molar-refractivity contribution in [2.75, 3.05) is 33.2 Å². The van der Waals surface area contributed by atoms with Gasteiger partial charge in [-0.15, -0.1) is 0 Å². The largest absolute Gasteiger partial charge is 0.353 e. The summed E-state index contributed by atoms with van der Waals surface area (Å²) >= 11 is 0. The first-order chi connectivity index (χ1) is 10.2. The van der Waals surface area contributed by atoms with E-state index in [0.29, 0.717) is 6.04 Å². The molecule has 114 valence electrons. The summed E-state index contributed by atoms with van der Waals surface area (Å²) in [7, 11) is 2.14. The second kappa shape index (κ2) is 6.54. The van der Waals surface area contributed by atoms with Gasteiger partial charge in [-0.3, -0.25) is 9.78 Å². The van der Waals surface area contributed by atoms with Gasteiger partial charge in [-0.1, -0.05) is 6.07 Å². The molecule has 0 radical (unpaired) electrons. The molecule has 2 aliphatic heterocycles. The van der Waals surface area contributed by atoms with Crippen LogP contribution in [0.15, 0.2) is 24.5 Å². The van der Waals surface area contributed by atoms with Crippen molar-refractivity contribution in [2.45, 2.75) is 24.8 Å². The van der Waals surface area contributed by atoms with Crippen molar-refractivity contribution in [1.82, 2.24) is 20.5 Å². The Bertz CT molecular complexity index is 470. The summed E-state index contributed by atoms with van der Waals surface area (Å²) in [6, 6.07) is 4.35. The highest BCUT2D eigenvalue weighted by molar-refractivity contribution is 5.80. The molecule has 21 heavy (non-hydrogen) atoms. The lowest BCUT2D eigenvalue weighted by molar-refractivity contribution is -0.125. The van der Waals surface area contributed by atoms with Crippen LogP contribution in [-0.4, -0.2) is 55.1 Å². The summed E-state index contributed by atoms with van der Waals surface area (Å²) in [5, 5.41) is 6.60. The molecule has 2 saturated heterocycles. The number of pyridine rings is 1. The van der Waals surface area contributed by atoms with E-state index in [1.54, 1.807) is 6.20 Å². The molecule has 5 heteroatoms. The lowest BCUT2D eigenvalue weighted by Crippen LogP contribution is -2.46. The fourth-order valence-electron chi connectivity index (χ4n) is 3.36. The van der Waals surface area contributed by atoms with Crippen molar-refractivity contribution >= 4 is 5.91 Å². The molecule has 2 aliphatic rings. The Morgan fingerprint density at radius 1 is 1.38 bits per heavy atom. The number of rotatable bonds is 3. The fourth-order valence-corrected chi connectivity index (χ4v) is 3.36. The van der Waals surface area contributed by atoms with Gasteiger partial charge in [0.25, 0.3) is 0 Å². The molecule has 0 unspecified atom stereocenters. The Hall–Kier alpha value is -1.46. The molecule has 2 N–H and O–H groups in total. The van der Waals surface area contributed by atoms with Gasteiger partial charge in [-0.25, -0.2) is 0 Å². The molecule has 3 rings (SSSR count). The van der Waals surface area contributed by atoms with Crippen LogP contribution >= 0.6 is 0 Å². The molecule has 1 aromatic rings. The van der Waals surface area contributed by atoms with Gasteiger partial charge in [-0.2, -0.15) is 0 Å². The predicted molar refractivity (Wildman–Crippen MR) is 82.0 cm³/mol. The van der Waals surface area contributed by atoms with Gasteiger partial charge in [-0.05, 0) is 44.6 Å². The lowest BCUT2D eigenvalue weighted by atomic mass is 9.89. The zero-order chi connectivity index (χ0) is 14.7. The Morgan fingerprint density at radius 2 is 2.19 bits per heavy atom. The second-order valence-electron chi connectivity index (χ2n) is 6.24. The summed E-state index contributed by atoms with van der Waals surface area (Å²) in [5.74, 6) is 0.460. The first-order valence-electron chi connectivity index (χ1n) is 7.83. The van der Waals surface area contributed by atoms with E-state index < -0.39 is 0 Å². The van der Waals surface area contributed by atoms with Crippen molar-refractivity contribution in [3.05, 3.63) is 30.1 Å². The number of carbonyl (C=O) groups is 1. The third-order valence-electron chi connectivity index (χ3n) is 4.73. The number of nitrogens with one attached hydrogen (secondary N) is 2. The molecule has 0 saturated carbocycles. The topological polar surface area (TPSA) is 57.3 Å². The van der Waals surface area contributed by atoms with Gasteiger partial charge < -0.3 is 15.5 Å². The van der Waals surface area contributed by atoms with Gasteiger partial charge in [0.2, 0.25) is 5.91 Å². The molecule has 0 aliphatic carbocycles. The Balaban J connectivity index is 1.61. The minimum atomic E-state index is 0.0221. The highest BCUT2D eigenvalue weighted by Crippen LogP contribution is 2.28. The van der Waals surface area contributed by atoms with E-state index in [1.165, 1.54) is 0 Å². The van der Waals surface area contributed by atoms with Crippen LogP contribution in [0.25, 0.3) is 0 Å². The van der Waals surface area contributed by atoms with Crippen LogP contribution in [0.5, 0.6) is 0 Å². The van der Waals surface area contributed by atoms with Crippen LogP contribution in [0.1, 0.15) is 24.3 Å². The van der Waals surface area contributed by atoms with Gasteiger partial charge in [0.15, 0.2) is 0 Å². The number of hydrogen-bond acceptors (Lipinski definition) is 4. The zero-order valence-corrected chi connectivity index (χ0v) is 12.6. The summed E-state index contributed by atoms with van der Waals surface area (Å²) in [6.45, 7) is 3.76. The summed E-state index contributed by atoms with van der Waals surface area (Å²) in [4.78, 5) is 19.1. The van der Waals surface area contributed by atoms with Crippen LogP contribution in [0, 0.1) is 5.92 Å². The quantitative estimate of drug-likeness (QED) is 0.855. The van der Waals surface area contributed by atoms with E-state index in [1.807, 2.05) is 12.3 Å². The average Bonchev–Trinajstić information content (AvgIpc) is 3.00. The fraction of sp³-hybridized carbons (Fsp3) is 0.625. The second-order valence-corrected chi connectivity index (χ2v) is 6.24. The molecule has 3 heterocycles. The molecular formula is C16H24N4O. The first kappa shape index (κ1) is 14.5. The Morgan fingerprint density at radius 3 is 2.90 bits per heavy atom. The summed E-state index contributed by atoms with van der Waals surface area (Å²) in [5.41, 5.74) is 1.16. The predicted octanol–water partition coefficient (Wildman–Crippen LogP) is 0.595. The third-order valence-corrected chi connectivity index (χ3v) is 4.73. The van der Waals surface area contributed by atoms with E-state index in [-0.39, 0.29) is 17.7 Å². The minimum Gasteiger partial charge on any atom is -0.353 e. The molecule has 1 aromatic heterocycles. The zero-order valence-electron chi connectivity index (χ0n) is 12.6. The lowest BCUT2D eigenvalue weighted by Gasteiger charge is -2.30. The molecular weight excluding hydrogens is 264 g/mol. The van der Waals surface area contributed by atoms with Crippen molar-refractivity contribution in [2.24, 2.45) is 5.92 Å². The van der Waals surface area contributed by atoms with Crippen LogP contribution < -0.4 is 10.6 Å². The maximum atomic E-state index is 12.6. The van der Waals surface area contributed by atoms with Crippen molar-refractivity contribution in [1.29, 1.82) is 0 Å². The van der Waals surface area contributed by atoms with E-state index >= 15 is 0 Å². The van der Waals surface area contributed by atoms with Gasteiger partial charge in [0.1, 0.15) is 0 Å². The number of carbonyl (C=O) groups excluding carboxylic acids is 1. The summed E-state index contributed by atoms with van der Waals surface area (Å²) in [6.07, 6.45) is 5.77. The average molecular weight is 288 g/mol. The van der Waals surface area contributed by atoms with Crippen LogP contribution in [0.2, 0.25) is 0 Å². The Kier molecular flexibility index (Phi) is 4.51. The number of piperidine rings is 1. The normalized spacial score (nSPS) is 27.7. The van der Waals surface area contributed by atoms with Gasteiger partial charge >= 0.3 is 0 Å². The highest BCUT2D eigenvalue weighted by atomic mass is 16.2. The maximum Gasteiger partial charge on any atom is 0.225 e. The van der Waals surface area contributed by atoms with Crippen molar-refractivity contribution < 1.29 is 4.79 Å². The van der Waals surface area contributed by atoms with E-state index in [0.717, 1.165) is 44.6 Å². The van der Waals surface area contributed by atoms with Crippen LogP contribution in [0.4, 0.5) is 0 Å². The molecule has 5 nitrogen and oxygen atoms in total. The number of amides is 1. The molecule has 2 fully saturated rings. The van der Waals surface area contributed by atoms with E-state index in [9.17, 15) is 4.79 Å². The third kappa shape index (κ3) is 3.41. The van der Waals surface area contributed by atoms with Crippen LogP contribution in [-0.2, 0) is 4.79 Å². The van der Waals surface area contributed by atoms with E-state index in [2.05, 4.69) is 33.6 Å². The van der Waals surface area contributed by atoms with Gasteiger partial charge in [0.05, 0.1) is 5.92 Å². The van der Waals surface area contributed by atoms with Gasteiger partial charge in [0, 0.05) is 37.4 Å². The maximum absolute atomic E-state index is 12.6. The highest BCUT2D eigenvalue weighted by Gasteiger charge is 2.35. The summed E-state index contributed by atoms with van der Waals surface area (Å²) < 4.78 is 0. The smallest absolute Gasteiger partial charge is 0.225 e. The standard InChI is InChI=1S/C16H24N4O/c1-20-7-4-13(5-8-20)19-16(21)15-11-18-10-14(15)12-3-2-6-17-9-12/h2-3,6,9,13-15,18H,4-5,7-8,10-11H2,1H3,(H,19,21)/t14-,15+/m0/s1. The number of aromatic nitrogens is 1. The SMILES string of the molecule is CN1CCC(NC(=O)[C@@H]2CNC[C@H]2c2cccnc2)CC1. The number of likely N-dealkylation sites (tertiary alicyclic amines) is 1. The minimum absolute atomic E-state index is 0.0221. The van der Waals surface area contributed by atoms with Crippen molar-refractivity contribution in [3.63, 3.8) is 0 Å². The number of hydrogen-bond donors (Lipinski definition) is 2. The van der Waals surface area contributed by atoms with Crippen molar-refractivity contribution in [3.8, 4) is 0 Å². The monoisotopic (exact) mass is 288 g/mol. The molecule has 2 atom stereocenters. The molecule has 1 amide bonds. The van der Waals surface area contributed by atoms with E-state index in [4.69, 9.17) is 0 Å². The molecule has 0 bridgehead atoms. The first-order valence-corrected chi connectivity index (χ1v) is 7.83. The Labute approximate surface area is 126 Å². The van der Waals surface area contributed by atoms with Crippen LogP contribution in [0.3, 0.4) is 0 Å². The number of nitrogens with zero attached hydrogens (tertiary/aromatic N) is 2. The molecule has 0 aromatic carbocycles.